The molecule has 0 spiro atoms. The number of phenols is 2. The molecule has 1 heterocycles. The topological polar surface area (TPSA) is 78.2 Å². The van der Waals surface area contributed by atoms with Crippen LogP contribution in [0, 0.1) is 0 Å². The number of phenolic OH excluding ortho intramolecular Hbond substituents is 2. The zero-order valence-electron chi connectivity index (χ0n) is 14.3. The molecule has 3 aromatic carbocycles. The lowest BCUT2D eigenvalue weighted by Gasteiger charge is -2.11. The normalized spacial score (nSPS) is 11.1. The second-order valence-corrected chi connectivity index (χ2v) is 6.82. The van der Waals surface area contributed by atoms with E-state index >= 15 is 0 Å². The molecule has 3 N–H and O–H groups in total. The van der Waals surface area contributed by atoms with E-state index in [0.717, 1.165) is 5.56 Å². The van der Waals surface area contributed by atoms with Gasteiger partial charge in [-0.05, 0) is 54.3 Å². The van der Waals surface area contributed by atoms with Gasteiger partial charge in [0.1, 0.15) is 11.5 Å². The monoisotopic (exact) mass is 380 g/mol. The molecule has 0 amide bonds. The summed E-state index contributed by atoms with van der Waals surface area (Å²) in [5.41, 5.74) is 3.06. The van der Waals surface area contributed by atoms with Crippen molar-refractivity contribution in [3.63, 3.8) is 0 Å². The Morgan fingerprint density at radius 2 is 1.67 bits per heavy atom. The van der Waals surface area contributed by atoms with Crippen LogP contribution in [0.3, 0.4) is 0 Å². The average Bonchev–Trinajstić information content (AvgIpc) is 2.98. The van der Waals surface area contributed by atoms with Crippen LogP contribution < -0.4 is 5.69 Å². The van der Waals surface area contributed by atoms with E-state index in [9.17, 15) is 15.0 Å². The van der Waals surface area contributed by atoms with Gasteiger partial charge in [0.2, 0.25) is 0 Å². The summed E-state index contributed by atoms with van der Waals surface area (Å²) in [6.07, 6.45) is 1.25. The van der Waals surface area contributed by atoms with Crippen LogP contribution in [0.5, 0.6) is 11.5 Å². The Hall–Kier alpha value is -3.18. The molecule has 0 fully saturated rings. The number of H-pyrrole nitrogens is 1. The molecule has 0 saturated carbocycles. The third-order valence-corrected chi connectivity index (χ3v) is 4.85. The van der Waals surface area contributed by atoms with Crippen LogP contribution in [0.1, 0.15) is 11.1 Å². The van der Waals surface area contributed by atoms with Crippen LogP contribution in [-0.2, 0) is 12.8 Å². The Morgan fingerprint density at radius 3 is 2.44 bits per heavy atom. The molecule has 0 unspecified atom stereocenters. The van der Waals surface area contributed by atoms with Crippen molar-refractivity contribution >= 4 is 22.6 Å². The van der Waals surface area contributed by atoms with Gasteiger partial charge in [0.05, 0.1) is 16.7 Å². The number of aromatic amines is 1. The van der Waals surface area contributed by atoms with Crippen molar-refractivity contribution in [3.8, 4) is 17.2 Å². The molecule has 0 aliphatic rings. The molecule has 0 aliphatic heterocycles. The van der Waals surface area contributed by atoms with E-state index in [1.54, 1.807) is 18.2 Å². The van der Waals surface area contributed by atoms with Crippen LogP contribution in [0.4, 0.5) is 0 Å². The highest BCUT2D eigenvalue weighted by Gasteiger charge is 2.15. The number of nitrogens with zero attached hydrogens (tertiary/aromatic N) is 1. The Morgan fingerprint density at radius 1 is 0.926 bits per heavy atom. The molecule has 0 aliphatic carbocycles. The summed E-state index contributed by atoms with van der Waals surface area (Å²) in [5.74, 6) is -0.160. The third-order valence-electron chi connectivity index (χ3n) is 4.60. The zero-order valence-corrected chi connectivity index (χ0v) is 15.1. The van der Waals surface area contributed by atoms with Gasteiger partial charge in [-0.2, -0.15) is 0 Å². The molecule has 6 heteroatoms. The molecule has 4 rings (SSSR count). The fraction of sp³-hybridized carbons (Fsp3) is 0.0952. The van der Waals surface area contributed by atoms with Gasteiger partial charge in [-0.3, -0.25) is 4.57 Å². The molecule has 0 atom stereocenters. The summed E-state index contributed by atoms with van der Waals surface area (Å²) in [5, 5.41) is 21.3. The minimum atomic E-state index is -0.346. The molecule has 27 heavy (non-hydrogen) atoms. The van der Waals surface area contributed by atoms with Crippen molar-refractivity contribution < 1.29 is 10.2 Å². The number of aromatic nitrogens is 2. The lowest BCUT2D eigenvalue weighted by molar-refractivity contribution is 0.444. The molecule has 1 aromatic heterocycles. The predicted octanol–water partition coefficient (Wildman–Crippen LogP) is 4.17. The van der Waals surface area contributed by atoms with Crippen LogP contribution in [0.15, 0.2) is 65.5 Å². The molecule has 136 valence electrons. The van der Waals surface area contributed by atoms with Gasteiger partial charge in [-0.1, -0.05) is 35.9 Å². The van der Waals surface area contributed by atoms with Crippen LogP contribution >= 0.6 is 11.6 Å². The van der Waals surface area contributed by atoms with E-state index in [0.29, 0.717) is 40.1 Å². The fourth-order valence-corrected chi connectivity index (χ4v) is 3.34. The Labute approximate surface area is 160 Å². The lowest BCUT2D eigenvalue weighted by atomic mass is 10.0. The SMILES string of the molecule is O=c1[nH]c2ccccc2n1-c1cc(CCc2ccc(Cl)cc2)c(O)cc1O. The second-order valence-electron chi connectivity index (χ2n) is 6.38. The highest BCUT2D eigenvalue weighted by molar-refractivity contribution is 6.30. The maximum atomic E-state index is 12.4. The van der Waals surface area contributed by atoms with Crippen LogP contribution in [-0.4, -0.2) is 19.8 Å². The number of nitrogens with one attached hydrogen (secondary N) is 1. The van der Waals surface area contributed by atoms with Gasteiger partial charge in [0.15, 0.2) is 0 Å². The Kier molecular flexibility index (Phi) is 4.38. The highest BCUT2D eigenvalue weighted by atomic mass is 35.5. The number of rotatable bonds is 4. The van der Waals surface area contributed by atoms with Crippen LogP contribution in [0.2, 0.25) is 5.02 Å². The Balaban J connectivity index is 1.74. The summed E-state index contributed by atoms with van der Waals surface area (Å²) in [6, 6.07) is 17.7. The lowest BCUT2D eigenvalue weighted by Crippen LogP contribution is -2.15. The van der Waals surface area contributed by atoms with Crippen molar-refractivity contribution in [2.75, 3.05) is 0 Å². The van der Waals surface area contributed by atoms with E-state index in [4.69, 9.17) is 11.6 Å². The fourth-order valence-electron chi connectivity index (χ4n) is 3.21. The average molecular weight is 381 g/mol. The van der Waals surface area contributed by atoms with Gasteiger partial charge >= 0.3 is 5.69 Å². The molecule has 0 radical (unpaired) electrons. The third kappa shape index (κ3) is 3.29. The van der Waals surface area contributed by atoms with Crippen LogP contribution in [0.25, 0.3) is 16.7 Å². The summed E-state index contributed by atoms with van der Waals surface area (Å²) in [6.45, 7) is 0. The largest absolute Gasteiger partial charge is 0.508 e. The van der Waals surface area contributed by atoms with E-state index in [-0.39, 0.29) is 17.2 Å². The van der Waals surface area contributed by atoms with Gasteiger partial charge in [0, 0.05) is 11.1 Å². The van der Waals surface area contributed by atoms with E-state index in [1.807, 2.05) is 36.4 Å². The van der Waals surface area contributed by atoms with E-state index in [2.05, 4.69) is 4.98 Å². The van der Waals surface area contributed by atoms with Gasteiger partial charge in [-0.15, -0.1) is 0 Å². The predicted molar refractivity (Wildman–Crippen MR) is 106 cm³/mol. The summed E-state index contributed by atoms with van der Waals surface area (Å²) < 4.78 is 1.41. The standard InChI is InChI=1S/C21H17ClN2O3/c22-15-9-6-13(7-10-15)5-8-14-11-18(20(26)12-19(14)25)24-17-4-2-1-3-16(17)23-21(24)27/h1-4,6-7,9-12,25-26H,5,8H2,(H,23,27). The quantitative estimate of drug-likeness (QED) is 0.497. The number of imidazole rings is 1. The van der Waals surface area contributed by atoms with Gasteiger partial charge in [0.25, 0.3) is 0 Å². The number of aryl methyl sites for hydroxylation is 2. The maximum Gasteiger partial charge on any atom is 0.331 e. The first kappa shape index (κ1) is 17.2. The van der Waals surface area contributed by atoms with Gasteiger partial charge < -0.3 is 15.2 Å². The smallest absolute Gasteiger partial charge is 0.331 e. The summed E-state index contributed by atoms with van der Waals surface area (Å²) >= 11 is 5.91. The number of hydrogen-bond acceptors (Lipinski definition) is 3. The summed E-state index contributed by atoms with van der Waals surface area (Å²) in [7, 11) is 0. The number of para-hydroxylation sites is 2. The first-order chi connectivity index (χ1) is 13.0. The minimum absolute atomic E-state index is 0.00176. The maximum absolute atomic E-state index is 12.4. The van der Waals surface area contributed by atoms with Crippen molar-refractivity contribution in [1.82, 2.24) is 9.55 Å². The van der Waals surface area contributed by atoms with Crippen molar-refractivity contribution in [3.05, 3.63) is 87.3 Å². The number of aromatic hydroxyl groups is 2. The van der Waals surface area contributed by atoms with E-state index in [1.165, 1.54) is 10.6 Å². The van der Waals surface area contributed by atoms with Crippen molar-refractivity contribution in [1.29, 1.82) is 0 Å². The first-order valence-corrected chi connectivity index (χ1v) is 8.90. The first-order valence-electron chi connectivity index (χ1n) is 8.52. The summed E-state index contributed by atoms with van der Waals surface area (Å²) in [4.78, 5) is 15.2. The van der Waals surface area contributed by atoms with Gasteiger partial charge in [-0.25, -0.2) is 4.79 Å². The second kappa shape index (κ2) is 6.85. The van der Waals surface area contributed by atoms with Crippen molar-refractivity contribution in [2.45, 2.75) is 12.8 Å². The number of hydrogen-bond donors (Lipinski definition) is 3. The Bertz CT molecular complexity index is 1180. The molecule has 0 saturated heterocycles. The number of benzene rings is 3. The minimum Gasteiger partial charge on any atom is -0.508 e. The highest BCUT2D eigenvalue weighted by Crippen LogP contribution is 2.32. The number of halogens is 1. The molecular weight excluding hydrogens is 364 g/mol. The zero-order chi connectivity index (χ0) is 19.0. The molecule has 0 bridgehead atoms. The molecule has 5 nitrogen and oxygen atoms in total. The van der Waals surface area contributed by atoms with Crippen molar-refractivity contribution in [2.24, 2.45) is 0 Å². The molecular formula is C21H17ClN2O3. The molecule has 4 aromatic rings. The number of fused-ring (bicyclic) bond motifs is 1. The van der Waals surface area contributed by atoms with E-state index < -0.39 is 0 Å².